The van der Waals surface area contributed by atoms with Gasteiger partial charge in [-0.3, -0.25) is 4.79 Å². The molecule has 1 unspecified atom stereocenters. The van der Waals surface area contributed by atoms with Crippen molar-refractivity contribution in [3.8, 4) is 0 Å². The van der Waals surface area contributed by atoms with Gasteiger partial charge in [0.2, 0.25) is 0 Å². The van der Waals surface area contributed by atoms with Crippen molar-refractivity contribution >= 4 is 27.1 Å². The number of nitrogen functional groups attached to an aromatic ring is 1. The molecule has 19 heavy (non-hydrogen) atoms. The van der Waals surface area contributed by atoms with Crippen LogP contribution in [0.15, 0.2) is 18.2 Å². The maximum Gasteiger partial charge on any atom is 0.253 e. The van der Waals surface area contributed by atoms with Crippen LogP contribution in [0.3, 0.4) is 0 Å². The van der Waals surface area contributed by atoms with Gasteiger partial charge in [-0.05, 0) is 25.1 Å². The number of amides is 1. The van der Waals surface area contributed by atoms with Gasteiger partial charge in [-0.1, -0.05) is 0 Å². The number of nitrogens with one attached hydrogen (secondary N) is 2. The molecule has 1 aromatic carbocycles. The fraction of sp³-hybridized carbons (Fsp3) is 0.417. The number of hydrogen-bond acceptors (Lipinski definition) is 5. The van der Waals surface area contributed by atoms with Gasteiger partial charge in [-0.15, -0.1) is 0 Å². The number of rotatable bonds is 5. The third kappa shape index (κ3) is 4.78. The SMILES string of the molecule is CNC(=O)c1ccc(N)cc1NC(C)CS(C)(=O)=O. The Kier molecular flexibility index (Phi) is 4.77. The molecule has 0 bridgehead atoms. The molecule has 0 radical (unpaired) electrons. The van der Waals surface area contributed by atoms with Crippen molar-refractivity contribution in [3.05, 3.63) is 23.8 Å². The van der Waals surface area contributed by atoms with E-state index in [1.54, 1.807) is 25.1 Å². The normalized spacial score (nSPS) is 12.8. The van der Waals surface area contributed by atoms with E-state index in [0.29, 0.717) is 16.9 Å². The predicted octanol–water partition coefficient (Wildman–Crippen LogP) is 0.473. The second-order valence-electron chi connectivity index (χ2n) is 4.52. The Hall–Kier alpha value is -1.76. The Morgan fingerprint density at radius 3 is 2.58 bits per heavy atom. The molecule has 6 nitrogen and oxygen atoms in total. The summed E-state index contributed by atoms with van der Waals surface area (Å²) in [6.45, 7) is 1.73. The summed E-state index contributed by atoms with van der Waals surface area (Å²) in [5, 5.41) is 5.53. The highest BCUT2D eigenvalue weighted by atomic mass is 32.2. The van der Waals surface area contributed by atoms with Crippen LogP contribution in [-0.2, 0) is 9.84 Å². The molecule has 1 amide bonds. The zero-order valence-corrected chi connectivity index (χ0v) is 12.0. The number of nitrogens with two attached hydrogens (primary N) is 1. The van der Waals surface area contributed by atoms with Gasteiger partial charge in [0.15, 0.2) is 0 Å². The lowest BCUT2D eigenvalue weighted by Crippen LogP contribution is -2.27. The first-order valence-electron chi connectivity index (χ1n) is 5.79. The molecule has 1 atom stereocenters. The van der Waals surface area contributed by atoms with Crippen LogP contribution in [0.25, 0.3) is 0 Å². The van der Waals surface area contributed by atoms with Gasteiger partial charge >= 0.3 is 0 Å². The average Bonchev–Trinajstić information content (AvgIpc) is 2.25. The standard InChI is InChI=1S/C12H19N3O3S/c1-8(7-19(3,17)18)15-11-6-9(13)4-5-10(11)12(16)14-2/h4-6,8,15H,7,13H2,1-3H3,(H,14,16). The molecule has 106 valence electrons. The van der Waals surface area contributed by atoms with Crippen LogP contribution >= 0.6 is 0 Å². The second-order valence-corrected chi connectivity index (χ2v) is 6.71. The van der Waals surface area contributed by atoms with E-state index in [1.165, 1.54) is 13.3 Å². The van der Waals surface area contributed by atoms with Crippen LogP contribution in [0.2, 0.25) is 0 Å². The maximum absolute atomic E-state index is 11.7. The van der Waals surface area contributed by atoms with Crippen molar-refractivity contribution < 1.29 is 13.2 Å². The third-order valence-corrected chi connectivity index (χ3v) is 3.58. The Morgan fingerprint density at radius 1 is 1.42 bits per heavy atom. The average molecular weight is 285 g/mol. The summed E-state index contributed by atoms with van der Waals surface area (Å²) in [4.78, 5) is 11.7. The number of hydrogen-bond donors (Lipinski definition) is 3. The van der Waals surface area contributed by atoms with Gasteiger partial charge in [0.1, 0.15) is 9.84 Å². The molecule has 0 saturated heterocycles. The number of anilines is 2. The van der Waals surface area contributed by atoms with Crippen molar-refractivity contribution in [1.29, 1.82) is 0 Å². The molecule has 0 heterocycles. The van der Waals surface area contributed by atoms with Gasteiger partial charge in [-0.2, -0.15) is 0 Å². The minimum Gasteiger partial charge on any atom is -0.399 e. The topological polar surface area (TPSA) is 101 Å². The number of benzene rings is 1. The van der Waals surface area contributed by atoms with Gasteiger partial charge in [0.05, 0.1) is 11.3 Å². The quantitative estimate of drug-likeness (QED) is 0.683. The molecule has 1 aromatic rings. The molecule has 0 aliphatic carbocycles. The van der Waals surface area contributed by atoms with Crippen molar-refractivity contribution in [2.24, 2.45) is 0 Å². The highest BCUT2D eigenvalue weighted by Crippen LogP contribution is 2.20. The minimum atomic E-state index is -3.09. The Bertz CT molecular complexity index is 570. The van der Waals surface area contributed by atoms with Crippen LogP contribution < -0.4 is 16.4 Å². The minimum absolute atomic E-state index is 0.0189. The molecule has 0 saturated carbocycles. The molecule has 0 aliphatic rings. The summed E-state index contributed by atoms with van der Waals surface area (Å²) in [7, 11) is -1.56. The molecule has 0 spiro atoms. The summed E-state index contributed by atoms with van der Waals surface area (Å²) in [6, 6.07) is 4.52. The summed E-state index contributed by atoms with van der Waals surface area (Å²) in [5.74, 6) is -0.274. The summed E-state index contributed by atoms with van der Waals surface area (Å²) >= 11 is 0. The molecule has 0 aliphatic heterocycles. The van der Waals surface area contributed by atoms with E-state index in [4.69, 9.17) is 5.73 Å². The maximum atomic E-state index is 11.7. The lowest BCUT2D eigenvalue weighted by molar-refractivity contribution is 0.0964. The van der Waals surface area contributed by atoms with E-state index in [2.05, 4.69) is 10.6 Å². The number of sulfone groups is 1. The van der Waals surface area contributed by atoms with Crippen LogP contribution in [-0.4, -0.2) is 39.4 Å². The lowest BCUT2D eigenvalue weighted by atomic mass is 10.1. The van der Waals surface area contributed by atoms with E-state index in [-0.39, 0.29) is 17.7 Å². The van der Waals surface area contributed by atoms with E-state index >= 15 is 0 Å². The fourth-order valence-corrected chi connectivity index (χ4v) is 2.77. The van der Waals surface area contributed by atoms with Gasteiger partial charge < -0.3 is 16.4 Å². The van der Waals surface area contributed by atoms with Crippen molar-refractivity contribution in [2.45, 2.75) is 13.0 Å². The Balaban J connectivity index is 2.99. The summed E-state index contributed by atoms with van der Waals surface area (Å²) in [6.07, 6.45) is 1.17. The third-order valence-electron chi connectivity index (χ3n) is 2.47. The second kappa shape index (κ2) is 5.92. The van der Waals surface area contributed by atoms with Crippen LogP contribution in [0.4, 0.5) is 11.4 Å². The molecular formula is C12H19N3O3S. The van der Waals surface area contributed by atoms with Gasteiger partial charge in [0, 0.05) is 30.7 Å². The molecule has 1 rings (SSSR count). The zero-order valence-electron chi connectivity index (χ0n) is 11.2. The monoisotopic (exact) mass is 285 g/mol. The Morgan fingerprint density at radius 2 is 2.05 bits per heavy atom. The van der Waals surface area contributed by atoms with E-state index in [9.17, 15) is 13.2 Å². The first kappa shape index (κ1) is 15.3. The van der Waals surface area contributed by atoms with E-state index in [0.717, 1.165) is 0 Å². The lowest BCUT2D eigenvalue weighted by Gasteiger charge is -2.17. The number of carbonyl (C=O) groups excluding carboxylic acids is 1. The molecule has 4 N–H and O–H groups in total. The van der Waals surface area contributed by atoms with Crippen LogP contribution in [0.5, 0.6) is 0 Å². The Labute approximate surface area is 113 Å². The predicted molar refractivity (Wildman–Crippen MR) is 77.0 cm³/mol. The summed E-state index contributed by atoms with van der Waals surface area (Å²) in [5.41, 5.74) is 7.14. The smallest absolute Gasteiger partial charge is 0.253 e. The van der Waals surface area contributed by atoms with Crippen molar-refractivity contribution in [3.63, 3.8) is 0 Å². The van der Waals surface area contributed by atoms with Crippen molar-refractivity contribution in [2.75, 3.05) is 30.1 Å². The van der Waals surface area contributed by atoms with Crippen LogP contribution in [0.1, 0.15) is 17.3 Å². The number of carbonyl (C=O) groups is 1. The molecule has 7 heteroatoms. The highest BCUT2D eigenvalue weighted by Gasteiger charge is 2.15. The fourth-order valence-electron chi connectivity index (χ4n) is 1.78. The molecular weight excluding hydrogens is 266 g/mol. The van der Waals surface area contributed by atoms with Gasteiger partial charge in [-0.25, -0.2) is 8.42 Å². The highest BCUT2D eigenvalue weighted by molar-refractivity contribution is 7.90. The largest absolute Gasteiger partial charge is 0.399 e. The van der Waals surface area contributed by atoms with E-state index < -0.39 is 9.84 Å². The van der Waals surface area contributed by atoms with Gasteiger partial charge in [0.25, 0.3) is 5.91 Å². The van der Waals surface area contributed by atoms with Crippen LogP contribution in [0, 0.1) is 0 Å². The first-order chi connectivity index (χ1) is 8.73. The zero-order chi connectivity index (χ0) is 14.6. The van der Waals surface area contributed by atoms with E-state index in [1.807, 2.05) is 0 Å². The molecule has 0 fully saturated rings. The first-order valence-corrected chi connectivity index (χ1v) is 7.85. The molecule has 0 aromatic heterocycles. The van der Waals surface area contributed by atoms with Crippen molar-refractivity contribution in [1.82, 2.24) is 5.32 Å². The summed E-state index contributed by atoms with van der Waals surface area (Å²) < 4.78 is 22.5.